The minimum atomic E-state index is -0.218. The Labute approximate surface area is 115 Å². The summed E-state index contributed by atoms with van der Waals surface area (Å²) in [5.41, 5.74) is 3.42. The molecule has 1 N–H and O–H groups in total. The van der Waals surface area contributed by atoms with Crippen molar-refractivity contribution in [3.05, 3.63) is 69.4 Å². The minimum absolute atomic E-state index is 0.218. The molecule has 0 unspecified atom stereocenters. The van der Waals surface area contributed by atoms with Crippen molar-refractivity contribution >= 4 is 15.9 Å². The molecule has 3 heteroatoms. The van der Waals surface area contributed by atoms with Crippen molar-refractivity contribution in [3.63, 3.8) is 0 Å². The van der Waals surface area contributed by atoms with E-state index in [9.17, 15) is 4.39 Å². The van der Waals surface area contributed by atoms with Gasteiger partial charge in [0, 0.05) is 13.1 Å². The van der Waals surface area contributed by atoms with Gasteiger partial charge in [0.15, 0.2) is 0 Å². The first kappa shape index (κ1) is 13.2. The van der Waals surface area contributed by atoms with Gasteiger partial charge in [0.2, 0.25) is 0 Å². The van der Waals surface area contributed by atoms with Crippen LogP contribution in [0.5, 0.6) is 0 Å². The molecule has 0 saturated carbocycles. The normalized spacial score (nSPS) is 10.6. The highest BCUT2D eigenvalue weighted by Gasteiger charge is 2.04. The Hall–Kier alpha value is -1.19. The second-order valence-corrected chi connectivity index (χ2v) is 5.10. The number of rotatable bonds is 4. The van der Waals surface area contributed by atoms with Crippen LogP contribution in [0.1, 0.15) is 16.7 Å². The predicted molar refractivity (Wildman–Crippen MR) is 75.8 cm³/mol. The van der Waals surface area contributed by atoms with Crippen molar-refractivity contribution < 1.29 is 4.39 Å². The number of hydrogen-bond acceptors (Lipinski definition) is 1. The summed E-state index contributed by atoms with van der Waals surface area (Å²) in [6.07, 6.45) is 0. The summed E-state index contributed by atoms with van der Waals surface area (Å²) in [6.45, 7) is 3.50. The summed E-state index contributed by atoms with van der Waals surface area (Å²) in [6, 6.07) is 13.5. The average molecular weight is 308 g/mol. The topological polar surface area (TPSA) is 12.0 Å². The molecule has 2 aromatic carbocycles. The fourth-order valence-corrected chi connectivity index (χ4v) is 2.14. The molecule has 0 amide bonds. The van der Waals surface area contributed by atoms with E-state index in [1.165, 1.54) is 17.2 Å². The molecule has 18 heavy (non-hydrogen) atoms. The fourth-order valence-electron chi connectivity index (χ4n) is 1.73. The van der Waals surface area contributed by atoms with E-state index >= 15 is 0 Å². The lowest BCUT2D eigenvalue weighted by molar-refractivity contribution is 0.612. The first-order chi connectivity index (χ1) is 8.66. The second-order valence-electron chi connectivity index (χ2n) is 4.30. The molecule has 1 nitrogen and oxygen atoms in total. The molecule has 0 radical (unpaired) electrons. The van der Waals surface area contributed by atoms with Crippen LogP contribution in [0.25, 0.3) is 0 Å². The summed E-state index contributed by atoms with van der Waals surface area (Å²) in [5, 5.41) is 3.31. The Bertz CT molecular complexity index is 523. The van der Waals surface area contributed by atoms with Gasteiger partial charge >= 0.3 is 0 Å². The molecule has 0 atom stereocenters. The molecular formula is C15H15BrFN. The Morgan fingerprint density at radius 2 is 1.78 bits per heavy atom. The first-order valence-corrected chi connectivity index (χ1v) is 6.65. The molecule has 0 fully saturated rings. The quantitative estimate of drug-likeness (QED) is 0.893. The van der Waals surface area contributed by atoms with Gasteiger partial charge in [-0.2, -0.15) is 0 Å². The molecule has 0 spiro atoms. The Morgan fingerprint density at radius 3 is 2.50 bits per heavy atom. The zero-order valence-corrected chi connectivity index (χ0v) is 11.8. The molecule has 94 valence electrons. The summed E-state index contributed by atoms with van der Waals surface area (Å²) < 4.78 is 13.8. The molecule has 0 aromatic heterocycles. The molecule has 0 aliphatic heterocycles. The van der Waals surface area contributed by atoms with Gasteiger partial charge in [-0.25, -0.2) is 4.39 Å². The number of aryl methyl sites for hydroxylation is 1. The smallest absolute Gasteiger partial charge is 0.137 e. The molecule has 0 saturated heterocycles. The van der Waals surface area contributed by atoms with Crippen LogP contribution in [0.15, 0.2) is 46.9 Å². The van der Waals surface area contributed by atoms with Gasteiger partial charge in [0.05, 0.1) is 4.47 Å². The maximum atomic E-state index is 13.3. The molecule has 0 bridgehead atoms. The Balaban J connectivity index is 1.92. The Morgan fingerprint density at radius 1 is 1.06 bits per heavy atom. The van der Waals surface area contributed by atoms with Crippen LogP contribution >= 0.6 is 15.9 Å². The summed E-state index contributed by atoms with van der Waals surface area (Å²) >= 11 is 3.26. The lowest BCUT2D eigenvalue weighted by Gasteiger charge is -2.08. The largest absolute Gasteiger partial charge is 0.309 e. The van der Waals surface area contributed by atoms with Crippen molar-refractivity contribution in [1.29, 1.82) is 0 Å². The highest BCUT2D eigenvalue weighted by Crippen LogP contribution is 2.20. The number of hydrogen-bond donors (Lipinski definition) is 1. The molecule has 2 aromatic rings. The van der Waals surface area contributed by atoms with E-state index in [4.69, 9.17) is 0 Å². The zero-order chi connectivity index (χ0) is 13.0. The van der Waals surface area contributed by atoms with Crippen LogP contribution in [0.2, 0.25) is 0 Å². The lowest BCUT2D eigenvalue weighted by atomic mass is 10.1. The monoisotopic (exact) mass is 307 g/mol. The van der Waals surface area contributed by atoms with E-state index < -0.39 is 0 Å². The first-order valence-electron chi connectivity index (χ1n) is 5.86. The van der Waals surface area contributed by atoms with Gasteiger partial charge < -0.3 is 5.32 Å². The SMILES string of the molecule is Cc1ccc(CNCc2cccc(F)c2Br)cc1. The van der Waals surface area contributed by atoms with Gasteiger partial charge in [-0.15, -0.1) is 0 Å². The van der Waals surface area contributed by atoms with Gasteiger partial charge in [0.25, 0.3) is 0 Å². The van der Waals surface area contributed by atoms with Crippen LogP contribution < -0.4 is 5.32 Å². The average Bonchev–Trinajstić information content (AvgIpc) is 2.37. The van der Waals surface area contributed by atoms with E-state index in [0.29, 0.717) is 11.0 Å². The van der Waals surface area contributed by atoms with Crippen LogP contribution in [-0.4, -0.2) is 0 Å². The van der Waals surface area contributed by atoms with Gasteiger partial charge in [-0.05, 0) is 40.0 Å². The number of halogens is 2. The molecule has 0 heterocycles. The summed E-state index contributed by atoms with van der Waals surface area (Å²) in [5.74, 6) is -0.218. The third kappa shape index (κ3) is 3.40. The van der Waals surface area contributed by atoms with Crippen molar-refractivity contribution in [2.75, 3.05) is 0 Å². The third-order valence-electron chi connectivity index (χ3n) is 2.80. The van der Waals surface area contributed by atoms with Crippen molar-refractivity contribution in [1.82, 2.24) is 5.32 Å². The molecule has 0 aliphatic rings. The maximum absolute atomic E-state index is 13.3. The van der Waals surface area contributed by atoms with Crippen molar-refractivity contribution in [2.45, 2.75) is 20.0 Å². The van der Waals surface area contributed by atoms with Gasteiger partial charge in [0.1, 0.15) is 5.82 Å². The number of nitrogens with one attached hydrogen (secondary N) is 1. The van der Waals surface area contributed by atoms with Gasteiger partial charge in [-0.3, -0.25) is 0 Å². The van der Waals surface area contributed by atoms with Crippen molar-refractivity contribution in [3.8, 4) is 0 Å². The highest BCUT2D eigenvalue weighted by molar-refractivity contribution is 9.10. The fraction of sp³-hybridized carbons (Fsp3) is 0.200. The summed E-state index contributed by atoms with van der Waals surface area (Å²) in [4.78, 5) is 0. The molecule has 2 rings (SSSR count). The third-order valence-corrected chi connectivity index (χ3v) is 3.68. The maximum Gasteiger partial charge on any atom is 0.137 e. The van der Waals surface area contributed by atoms with Crippen LogP contribution in [0.4, 0.5) is 4.39 Å². The highest BCUT2D eigenvalue weighted by atomic mass is 79.9. The second kappa shape index (κ2) is 6.12. The molecular weight excluding hydrogens is 293 g/mol. The standard InChI is InChI=1S/C15H15BrFN/c1-11-5-7-12(8-6-11)9-18-10-13-3-2-4-14(17)15(13)16/h2-8,18H,9-10H2,1H3. The van der Waals surface area contributed by atoms with E-state index in [2.05, 4.69) is 52.4 Å². The Kier molecular flexibility index (Phi) is 4.50. The number of benzene rings is 2. The predicted octanol–water partition coefficient (Wildman–Crippen LogP) is 4.19. The molecule has 0 aliphatic carbocycles. The van der Waals surface area contributed by atoms with Crippen LogP contribution in [-0.2, 0) is 13.1 Å². The van der Waals surface area contributed by atoms with Gasteiger partial charge in [-0.1, -0.05) is 42.0 Å². The zero-order valence-electron chi connectivity index (χ0n) is 10.2. The minimum Gasteiger partial charge on any atom is -0.309 e. The van der Waals surface area contributed by atoms with E-state index in [1.54, 1.807) is 6.07 Å². The van der Waals surface area contributed by atoms with E-state index in [0.717, 1.165) is 12.1 Å². The van der Waals surface area contributed by atoms with Crippen LogP contribution in [0.3, 0.4) is 0 Å². The summed E-state index contributed by atoms with van der Waals surface area (Å²) in [7, 11) is 0. The van der Waals surface area contributed by atoms with Crippen LogP contribution in [0, 0.1) is 12.7 Å². The van der Waals surface area contributed by atoms with E-state index in [1.807, 2.05) is 6.07 Å². The van der Waals surface area contributed by atoms with Crippen molar-refractivity contribution in [2.24, 2.45) is 0 Å². The van der Waals surface area contributed by atoms with E-state index in [-0.39, 0.29) is 5.82 Å². The lowest BCUT2D eigenvalue weighted by Crippen LogP contribution is -2.13.